The fraction of sp³-hybridized carbons (Fsp3) is 0.333. The van der Waals surface area contributed by atoms with Gasteiger partial charge in [0.15, 0.2) is 0 Å². The lowest BCUT2D eigenvalue weighted by Crippen LogP contribution is -2.23. The maximum absolute atomic E-state index is 9.94. The molecular weight excluding hydrogens is 262 g/mol. The summed E-state index contributed by atoms with van der Waals surface area (Å²) in [4.78, 5) is 0. The number of hydrogen-bond donors (Lipinski definition) is 3. The van der Waals surface area contributed by atoms with Crippen LogP contribution in [0.1, 0.15) is 48.2 Å². The number of phenols is 2. The number of aromatic hydroxyl groups is 2. The number of benzene rings is 2. The Kier molecular flexibility index (Phi) is 4.53. The van der Waals surface area contributed by atoms with Gasteiger partial charge in [-0.05, 0) is 51.0 Å². The standard InChI is InChI=1S/C18H23NO2/c1-11-8-9-12(2)15(10-11)13(3)19-14(4)18-16(20)6-5-7-17(18)21/h5-10,13-14,19-21H,1-4H3. The molecule has 21 heavy (non-hydrogen) atoms. The summed E-state index contributed by atoms with van der Waals surface area (Å²) in [5.74, 6) is 0.228. The Labute approximate surface area is 126 Å². The van der Waals surface area contributed by atoms with Crippen LogP contribution in [0.3, 0.4) is 0 Å². The highest BCUT2D eigenvalue weighted by molar-refractivity contribution is 5.45. The van der Waals surface area contributed by atoms with Gasteiger partial charge in [-0.1, -0.05) is 29.8 Å². The molecular formula is C18H23NO2. The second-order valence-corrected chi connectivity index (χ2v) is 5.68. The van der Waals surface area contributed by atoms with E-state index in [1.54, 1.807) is 18.2 Å². The first-order valence-electron chi connectivity index (χ1n) is 7.24. The monoisotopic (exact) mass is 285 g/mol. The Morgan fingerprint density at radius 1 is 0.905 bits per heavy atom. The first kappa shape index (κ1) is 15.4. The van der Waals surface area contributed by atoms with Gasteiger partial charge in [-0.25, -0.2) is 0 Å². The molecule has 0 saturated carbocycles. The maximum atomic E-state index is 9.94. The highest BCUT2D eigenvalue weighted by Gasteiger charge is 2.18. The summed E-state index contributed by atoms with van der Waals surface area (Å²) in [7, 11) is 0. The highest BCUT2D eigenvalue weighted by Crippen LogP contribution is 2.33. The van der Waals surface area contributed by atoms with Crippen LogP contribution >= 0.6 is 0 Å². The zero-order valence-electron chi connectivity index (χ0n) is 13.0. The third-order valence-electron chi connectivity index (χ3n) is 3.89. The largest absolute Gasteiger partial charge is 0.507 e. The van der Waals surface area contributed by atoms with Crippen LogP contribution in [-0.2, 0) is 0 Å². The summed E-state index contributed by atoms with van der Waals surface area (Å²) in [6.45, 7) is 8.20. The normalized spacial score (nSPS) is 13.9. The van der Waals surface area contributed by atoms with Gasteiger partial charge in [-0.2, -0.15) is 0 Å². The summed E-state index contributed by atoms with van der Waals surface area (Å²) < 4.78 is 0. The van der Waals surface area contributed by atoms with Gasteiger partial charge in [0.05, 0.1) is 5.56 Å². The van der Waals surface area contributed by atoms with E-state index >= 15 is 0 Å². The average molecular weight is 285 g/mol. The molecule has 0 radical (unpaired) electrons. The van der Waals surface area contributed by atoms with E-state index in [0.29, 0.717) is 5.56 Å². The minimum atomic E-state index is -0.152. The minimum Gasteiger partial charge on any atom is -0.507 e. The van der Waals surface area contributed by atoms with Crippen LogP contribution in [-0.4, -0.2) is 10.2 Å². The van der Waals surface area contributed by atoms with Gasteiger partial charge in [-0.3, -0.25) is 0 Å². The SMILES string of the molecule is Cc1ccc(C)c(C(C)NC(C)c2c(O)cccc2O)c1. The van der Waals surface area contributed by atoms with Gasteiger partial charge in [-0.15, -0.1) is 0 Å². The lowest BCUT2D eigenvalue weighted by atomic mass is 9.98. The smallest absolute Gasteiger partial charge is 0.124 e. The molecule has 0 amide bonds. The van der Waals surface area contributed by atoms with Crippen molar-refractivity contribution in [2.75, 3.05) is 0 Å². The van der Waals surface area contributed by atoms with Crippen LogP contribution in [0.2, 0.25) is 0 Å². The molecule has 0 bridgehead atoms. The molecule has 3 nitrogen and oxygen atoms in total. The summed E-state index contributed by atoms with van der Waals surface area (Å²) in [6.07, 6.45) is 0. The Morgan fingerprint density at radius 2 is 1.52 bits per heavy atom. The van der Waals surface area contributed by atoms with Crippen molar-refractivity contribution in [2.45, 2.75) is 39.8 Å². The maximum Gasteiger partial charge on any atom is 0.124 e. The number of hydrogen-bond acceptors (Lipinski definition) is 3. The summed E-state index contributed by atoms with van der Waals surface area (Å²) in [5.41, 5.74) is 4.23. The molecule has 3 heteroatoms. The van der Waals surface area contributed by atoms with Crippen molar-refractivity contribution in [2.24, 2.45) is 0 Å². The third kappa shape index (κ3) is 3.37. The molecule has 0 heterocycles. The molecule has 3 N–H and O–H groups in total. The topological polar surface area (TPSA) is 52.5 Å². The van der Waals surface area contributed by atoms with Gasteiger partial charge < -0.3 is 15.5 Å². The van der Waals surface area contributed by atoms with Gasteiger partial charge in [0.25, 0.3) is 0 Å². The van der Waals surface area contributed by atoms with Crippen LogP contribution in [0.25, 0.3) is 0 Å². The van der Waals surface area contributed by atoms with Gasteiger partial charge in [0.1, 0.15) is 11.5 Å². The summed E-state index contributed by atoms with van der Waals surface area (Å²) in [5, 5.41) is 23.3. The number of nitrogens with one attached hydrogen (secondary N) is 1. The molecule has 0 aromatic heterocycles. The lowest BCUT2D eigenvalue weighted by Gasteiger charge is -2.23. The molecule has 0 spiro atoms. The zero-order chi connectivity index (χ0) is 15.6. The molecule has 2 unspecified atom stereocenters. The van der Waals surface area contributed by atoms with Crippen LogP contribution < -0.4 is 5.32 Å². The van der Waals surface area contributed by atoms with Crippen LogP contribution in [0.4, 0.5) is 0 Å². The molecule has 112 valence electrons. The molecule has 0 aliphatic carbocycles. The van der Waals surface area contributed by atoms with E-state index in [1.807, 2.05) is 6.92 Å². The Bertz CT molecular complexity index is 617. The molecule has 2 rings (SSSR count). The van der Waals surface area contributed by atoms with E-state index in [1.165, 1.54) is 16.7 Å². The van der Waals surface area contributed by atoms with Crippen LogP contribution in [0.5, 0.6) is 11.5 Å². The molecule has 2 aromatic rings. The van der Waals surface area contributed by atoms with Crippen molar-refractivity contribution in [1.29, 1.82) is 0 Å². The van der Waals surface area contributed by atoms with Crippen molar-refractivity contribution in [3.8, 4) is 11.5 Å². The Morgan fingerprint density at radius 3 is 2.14 bits per heavy atom. The molecule has 0 saturated heterocycles. The molecule has 2 aromatic carbocycles. The molecule has 0 fully saturated rings. The van der Waals surface area contributed by atoms with Gasteiger partial charge >= 0.3 is 0 Å². The predicted octanol–water partition coefficient (Wildman–Crippen LogP) is 4.13. The lowest BCUT2D eigenvalue weighted by molar-refractivity contribution is 0.407. The third-order valence-corrected chi connectivity index (χ3v) is 3.89. The Hall–Kier alpha value is -2.00. The zero-order valence-corrected chi connectivity index (χ0v) is 13.0. The predicted molar refractivity (Wildman–Crippen MR) is 85.7 cm³/mol. The fourth-order valence-electron chi connectivity index (χ4n) is 2.76. The first-order chi connectivity index (χ1) is 9.90. The van der Waals surface area contributed by atoms with Crippen LogP contribution in [0, 0.1) is 13.8 Å². The fourth-order valence-corrected chi connectivity index (χ4v) is 2.76. The summed E-state index contributed by atoms with van der Waals surface area (Å²) >= 11 is 0. The number of rotatable bonds is 4. The molecule has 0 aliphatic rings. The first-order valence-corrected chi connectivity index (χ1v) is 7.24. The van der Waals surface area contributed by atoms with Crippen molar-refractivity contribution in [3.05, 3.63) is 58.7 Å². The minimum absolute atomic E-state index is 0.114. The van der Waals surface area contributed by atoms with Gasteiger partial charge in [0.2, 0.25) is 0 Å². The number of phenolic OH excluding ortho intramolecular Hbond substituents is 2. The van der Waals surface area contributed by atoms with E-state index in [4.69, 9.17) is 0 Å². The van der Waals surface area contributed by atoms with Crippen molar-refractivity contribution in [1.82, 2.24) is 5.32 Å². The number of aryl methyl sites for hydroxylation is 2. The van der Waals surface area contributed by atoms with Crippen molar-refractivity contribution >= 4 is 0 Å². The van der Waals surface area contributed by atoms with Gasteiger partial charge in [0, 0.05) is 12.1 Å². The van der Waals surface area contributed by atoms with E-state index in [9.17, 15) is 10.2 Å². The molecule has 2 atom stereocenters. The van der Waals surface area contributed by atoms with E-state index < -0.39 is 0 Å². The van der Waals surface area contributed by atoms with E-state index in [0.717, 1.165) is 0 Å². The summed E-state index contributed by atoms with van der Waals surface area (Å²) in [6, 6.07) is 11.2. The highest BCUT2D eigenvalue weighted by atomic mass is 16.3. The van der Waals surface area contributed by atoms with Crippen LogP contribution in [0.15, 0.2) is 36.4 Å². The quantitative estimate of drug-likeness (QED) is 0.792. The second-order valence-electron chi connectivity index (χ2n) is 5.68. The molecule has 0 aliphatic heterocycles. The van der Waals surface area contributed by atoms with E-state index in [-0.39, 0.29) is 23.6 Å². The van der Waals surface area contributed by atoms with Crippen molar-refractivity contribution in [3.63, 3.8) is 0 Å². The van der Waals surface area contributed by atoms with Crippen molar-refractivity contribution < 1.29 is 10.2 Å². The Balaban J connectivity index is 2.23. The second kappa shape index (κ2) is 6.19. The van der Waals surface area contributed by atoms with E-state index in [2.05, 4.69) is 44.3 Å². The average Bonchev–Trinajstić information content (AvgIpc) is 2.41.